The number of benzene rings is 3. The van der Waals surface area contributed by atoms with Crippen LogP contribution < -0.4 is 21.1 Å². The van der Waals surface area contributed by atoms with Crippen molar-refractivity contribution in [3.05, 3.63) is 117 Å². The van der Waals surface area contributed by atoms with Crippen molar-refractivity contribution >= 4 is 22.7 Å². The van der Waals surface area contributed by atoms with Gasteiger partial charge in [0.1, 0.15) is 28.5 Å². The van der Waals surface area contributed by atoms with E-state index in [1.165, 1.54) is 28.8 Å². The Kier molecular flexibility index (Phi) is 8.33. The fourth-order valence-electron chi connectivity index (χ4n) is 5.17. The molecule has 0 aliphatic rings. The third kappa shape index (κ3) is 6.35. The smallest absolute Gasteiger partial charge is 0.274 e. The first-order valence-corrected chi connectivity index (χ1v) is 14.1. The maximum Gasteiger partial charge on any atom is 0.274 e. The number of fused-ring (bicyclic) bond motifs is 1. The van der Waals surface area contributed by atoms with Crippen LogP contribution in [-0.4, -0.2) is 31.7 Å². The van der Waals surface area contributed by atoms with Crippen LogP contribution >= 0.6 is 0 Å². The summed E-state index contributed by atoms with van der Waals surface area (Å²) in [5, 5.41) is 22.9. The summed E-state index contributed by atoms with van der Waals surface area (Å²) in [6, 6.07) is 15.9. The normalized spacial score (nSPS) is 11.5. The molecule has 0 spiro atoms. The molecule has 5 N–H and O–H groups in total. The molecule has 2 heterocycles. The molecule has 5 aromatic rings. The second-order valence-electron chi connectivity index (χ2n) is 11.5. The zero-order valence-corrected chi connectivity index (χ0v) is 25.4. The third-order valence-electron chi connectivity index (χ3n) is 7.59. The Morgan fingerprint density at radius 3 is 2.27 bits per heavy atom. The van der Waals surface area contributed by atoms with Gasteiger partial charge in [0.2, 0.25) is 0 Å². The summed E-state index contributed by atoms with van der Waals surface area (Å²) in [7, 11) is 1.60. The maximum absolute atomic E-state index is 14.0. The second-order valence-corrected chi connectivity index (χ2v) is 11.5. The van der Waals surface area contributed by atoms with Crippen LogP contribution in [-0.2, 0) is 19.2 Å². The average Bonchev–Trinajstić information content (AvgIpc) is 3.45. The van der Waals surface area contributed by atoms with Crippen molar-refractivity contribution in [2.75, 3.05) is 0 Å². The number of aromatic amines is 1. The number of H-pyrrole nitrogens is 1. The summed E-state index contributed by atoms with van der Waals surface area (Å²) in [4.78, 5) is 40.9. The first kappa shape index (κ1) is 31.2. The molecule has 0 saturated heterocycles. The second kappa shape index (κ2) is 12.0. The lowest BCUT2D eigenvalue weighted by Gasteiger charge is -2.22. The van der Waals surface area contributed by atoms with E-state index in [0.717, 1.165) is 0 Å². The van der Waals surface area contributed by atoms with Gasteiger partial charge in [-0.25, -0.2) is 9.87 Å². The Balaban J connectivity index is 1.56. The van der Waals surface area contributed by atoms with Gasteiger partial charge in [-0.2, -0.15) is 0 Å². The molecule has 10 nitrogen and oxygen atoms in total. The van der Waals surface area contributed by atoms with Gasteiger partial charge in [-0.3, -0.25) is 19.6 Å². The molecular weight excluding hydrogens is 579 g/mol. The molecule has 0 bridgehead atoms. The minimum absolute atomic E-state index is 0.141. The zero-order chi connectivity index (χ0) is 32.6. The van der Waals surface area contributed by atoms with Crippen LogP contribution in [0.1, 0.15) is 56.9 Å². The van der Waals surface area contributed by atoms with E-state index >= 15 is 0 Å². The van der Waals surface area contributed by atoms with E-state index in [0.29, 0.717) is 50.3 Å². The minimum Gasteiger partial charge on any atom is -0.456 e. The van der Waals surface area contributed by atoms with Crippen LogP contribution in [0.5, 0.6) is 11.5 Å². The Hall–Kier alpha value is -5.26. The van der Waals surface area contributed by atoms with Gasteiger partial charge in [0.15, 0.2) is 0 Å². The van der Waals surface area contributed by atoms with E-state index in [4.69, 9.17) is 9.94 Å². The maximum atomic E-state index is 14.0. The van der Waals surface area contributed by atoms with E-state index in [1.54, 1.807) is 82.8 Å². The van der Waals surface area contributed by atoms with Crippen molar-refractivity contribution in [3.63, 3.8) is 0 Å². The summed E-state index contributed by atoms with van der Waals surface area (Å²) in [6.07, 6.45) is 1.64. The number of hydrogen-bond acceptors (Lipinski definition) is 6. The van der Waals surface area contributed by atoms with Crippen molar-refractivity contribution < 1.29 is 29.0 Å². The molecule has 232 valence electrons. The summed E-state index contributed by atoms with van der Waals surface area (Å²) < 4.78 is 21.8. The topological polar surface area (TPSA) is 146 Å². The van der Waals surface area contributed by atoms with Crippen molar-refractivity contribution in [3.8, 4) is 22.6 Å². The van der Waals surface area contributed by atoms with E-state index in [9.17, 15) is 23.9 Å². The molecule has 2 amide bonds. The molecule has 45 heavy (non-hydrogen) atoms. The summed E-state index contributed by atoms with van der Waals surface area (Å²) in [5.74, 6) is -0.597. The van der Waals surface area contributed by atoms with Gasteiger partial charge >= 0.3 is 0 Å². The lowest BCUT2D eigenvalue weighted by atomic mass is 9.93. The SMILES string of the molecule is Cc1cc(F)cc(C)c1Oc1ccc(C(C)(C)O)cc1-c1cn(C)c(=O)c2[nH]c(C(=O)NCc3ccc(C(=O)NO)cc3)cc12. The molecule has 5 rings (SSSR count). The minimum atomic E-state index is -1.20. The number of pyridine rings is 1. The van der Waals surface area contributed by atoms with Crippen LogP contribution in [0.4, 0.5) is 4.39 Å². The van der Waals surface area contributed by atoms with Crippen LogP contribution in [0, 0.1) is 19.7 Å². The molecule has 0 aliphatic heterocycles. The highest BCUT2D eigenvalue weighted by atomic mass is 19.1. The van der Waals surface area contributed by atoms with Crippen molar-refractivity contribution in [1.29, 1.82) is 0 Å². The lowest BCUT2D eigenvalue weighted by molar-refractivity contribution is 0.0706. The van der Waals surface area contributed by atoms with Crippen LogP contribution in [0.25, 0.3) is 22.0 Å². The molecular formula is C34H33FN4O6. The van der Waals surface area contributed by atoms with Crippen LogP contribution in [0.3, 0.4) is 0 Å². The van der Waals surface area contributed by atoms with Crippen LogP contribution in [0.15, 0.2) is 71.7 Å². The number of aromatic nitrogens is 2. The van der Waals surface area contributed by atoms with E-state index in [1.807, 2.05) is 0 Å². The molecule has 0 saturated carbocycles. The summed E-state index contributed by atoms with van der Waals surface area (Å²) >= 11 is 0. The van der Waals surface area contributed by atoms with Crippen LogP contribution in [0.2, 0.25) is 0 Å². The van der Waals surface area contributed by atoms with E-state index in [-0.39, 0.29) is 34.7 Å². The number of rotatable bonds is 8. The Labute approximate surface area is 258 Å². The number of halogens is 1. The molecule has 11 heteroatoms. The van der Waals surface area contributed by atoms with Gasteiger partial charge in [-0.15, -0.1) is 0 Å². The Morgan fingerprint density at radius 2 is 1.64 bits per heavy atom. The number of hydrogen-bond donors (Lipinski definition) is 5. The van der Waals surface area contributed by atoms with Crippen molar-refractivity contribution in [2.45, 2.75) is 39.8 Å². The highest BCUT2D eigenvalue weighted by molar-refractivity contribution is 6.03. The highest BCUT2D eigenvalue weighted by Gasteiger charge is 2.23. The molecule has 3 aromatic carbocycles. The highest BCUT2D eigenvalue weighted by Crippen LogP contribution is 2.40. The van der Waals surface area contributed by atoms with Gasteiger partial charge in [0, 0.05) is 41.9 Å². The first-order valence-electron chi connectivity index (χ1n) is 14.1. The average molecular weight is 613 g/mol. The summed E-state index contributed by atoms with van der Waals surface area (Å²) in [5.41, 5.74) is 4.25. The predicted molar refractivity (Wildman–Crippen MR) is 167 cm³/mol. The Morgan fingerprint density at radius 1 is 0.978 bits per heavy atom. The van der Waals surface area contributed by atoms with Gasteiger partial charge in [0.05, 0.1) is 5.60 Å². The number of carbonyl (C=O) groups is 2. The molecule has 2 aromatic heterocycles. The quantitative estimate of drug-likeness (QED) is 0.118. The number of hydroxylamine groups is 1. The number of amides is 2. The largest absolute Gasteiger partial charge is 0.456 e. The number of nitrogens with one attached hydrogen (secondary N) is 3. The van der Waals surface area contributed by atoms with Gasteiger partial charge in [0.25, 0.3) is 17.4 Å². The fraction of sp³-hybridized carbons (Fsp3) is 0.206. The van der Waals surface area contributed by atoms with Crippen molar-refractivity contribution in [1.82, 2.24) is 20.3 Å². The predicted octanol–water partition coefficient (Wildman–Crippen LogP) is 5.36. The Bertz CT molecular complexity index is 1980. The van der Waals surface area contributed by atoms with Gasteiger partial charge in [-0.1, -0.05) is 18.2 Å². The van der Waals surface area contributed by atoms with E-state index in [2.05, 4.69) is 10.3 Å². The molecule has 0 fully saturated rings. The standard InChI is InChI=1S/C34H33FN4O6/c1-18-12-23(35)13-19(2)30(18)45-28-11-10-22(34(3,4)43)14-24(28)26-17-39(5)33(42)29-25(26)15-27(37-29)32(41)36-16-20-6-8-21(9-7-20)31(40)38-44/h6-15,17,37,43-44H,16H2,1-5H3,(H,36,41)(H,38,40). The number of aryl methyl sites for hydroxylation is 3. The monoisotopic (exact) mass is 612 g/mol. The van der Waals surface area contributed by atoms with Gasteiger partial charge < -0.3 is 24.7 Å². The first-order chi connectivity index (χ1) is 21.3. The number of ether oxygens (including phenoxy) is 1. The van der Waals surface area contributed by atoms with Gasteiger partial charge in [-0.05, 0) is 92.4 Å². The van der Waals surface area contributed by atoms with Crippen molar-refractivity contribution in [2.24, 2.45) is 7.05 Å². The zero-order valence-electron chi connectivity index (χ0n) is 25.4. The van der Waals surface area contributed by atoms with E-state index < -0.39 is 17.4 Å². The molecule has 0 unspecified atom stereocenters. The summed E-state index contributed by atoms with van der Waals surface area (Å²) in [6.45, 7) is 6.95. The number of nitrogens with zero attached hydrogens (tertiary/aromatic N) is 1. The molecule has 0 atom stereocenters. The molecule has 0 radical (unpaired) electrons. The lowest BCUT2D eigenvalue weighted by Crippen LogP contribution is -2.23. The number of carbonyl (C=O) groups excluding carboxylic acids is 2. The molecule has 0 aliphatic carbocycles. The fourth-order valence-corrected chi connectivity index (χ4v) is 5.17. The number of aliphatic hydroxyl groups is 1. The third-order valence-corrected chi connectivity index (χ3v) is 7.59.